The first kappa shape index (κ1) is 23.4. The van der Waals surface area contributed by atoms with Crippen LogP contribution in [0.1, 0.15) is 79.4 Å². The SMILES string of the molecule is CC(C)Oc1cc2c(cc1O)OC1(CC2(C)C)CC(C)(C)c2cc(OC(C)C)c(O)cc2O1. The Morgan fingerprint density at radius 1 is 0.697 bits per heavy atom. The zero-order valence-electron chi connectivity index (χ0n) is 20.9. The summed E-state index contributed by atoms with van der Waals surface area (Å²) < 4.78 is 24.6. The number of hydrogen-bond acceptors (Lipinski definition) is 6. The fourth-order valence-corrected chi connectivity index (χ4v) is 5.19. The van der Waals surface area contributed by atoms with Gasteiger partial charge >= 0.3 is 0 Å². The second-order valence-electron chi connectivity index (χ2n) is 11.2. The molecule has 0 saturated carbocycles. The quantitative estimate of drug-likeness (QED) is 0.571. The zero-order valence-corrected chi connectivity index (χ0v) is 20.9. The van der Waals surface area contributed by atoms with Crippen LogP contribution in [-0.2, 0) is 10.8 Å². The molecular formula is C27H36O6. The fraction of sp³-hybridized carbons (Fsp3) is 0.556. The van der Waals surface area contributed by atoms with E-state index in [1.807, 2.05) is 39.8 Å². The van der Waals surface area contributed by atoms with Crippen molar-refractivity contribution in [1.29, 1.82) is 0 Å². The molecule has 2 N–H and O–H groups in total. The van der Waals surface area contributed by atoms with Gasteiger partial charge in [-0.05, 0) is 39.8 Å². The van der Waals surface area contributed by atoms with Crippen LogP contribution in [-0.4, -0.2) is 28.2 Å². The average Bonchev–Trinajstić information content (AvgIpc) is 2.62. The first-order chi connectivity index (χ1) is 15.2. The van der Waals surface area contributed by atoms with Gasteiger partial charge in [-0.1, -0.05) is 27.7 Å². The van der Waals surface area contributed by atoms with Crippen LogP contribution >= 0.6 is 0 Å². The molecule has 4 rings (SSSR count). The Hall–Kier alpha value is -2.76. The summed E-state index contributed by atoms with van der Waals surface area (Å²) in [6, 6.07) is 7.00. The van der Waals surface area contributed by atoms with Crippen molar-refractivity contribution in [3.8, 4) is 34.5 Å². The third-order valence-electron chi connectivity index (χ3n) is 6.32. The lowest BCUT2D eigenvalue weighted by Crippen LogP contribution is -2.55. The summed E-state index contributed by atoms with van der Waals surface area (Å²) in [5.74, 6) is 1.22. The summed E-state index contributed by atoms with van der Waals surface area (Å²) >= 11 is 0. The third kappa shape index (κ3) is 4.28. The third-order valence-corrected chi connectivity index (χ3v) is 6.32. The maximum Gasteiger partial charge on any atom is 0.252 e. The van der Waals surface area contributed by atoms with E-state index in [2.05, 4.69) is 27.7 Å². The predicted molar refractivity (Wildman–Crippen MR) is 127 cm³/mol. The Kier molecular flexibility index (Phi) is 5.42. The maximum absolute atomic E-state index is 10.6. The molecule has 33 heavy (non-hydrogen) atoms. The van der Waals surface area contributed by atoms with Gasteiger partial charge in [0, 0.05) is 46.9 Å². The summed E-state index contributed by atoms with van der Waals surface area (Å²) in [5.41, 5.74) is 1.34. The van der Waals surface area contributed by atoms with Gasteiger partial charge in [0.1, 0.15) is 11.5 Å². The summed E-state index contributed by atoms with van der Waals surface area (Å²) in [6.07, 6.45) is 1.10. The number of phenols is 2. The predicted octanol–water partition coefficient (Wildman–Crippen LogP) is 6.19. The molecule has 6 nitrogen and oxygen atoms in total. The van der Waals surface area contributed by atoms with E-state index < -0.39 is 5.79 Å². The van der Waals surface area contributed by atoms with Crippen molar-refractivity contribution in [1.82, 2.24) is 0 Å². The second-order valence-corrected chi connectivity index (χ2v) is 11.2. The highest BCUT2D eigenvalue weighted by Gasteiger charge is 2.53. The molecule has 0 atom stereocenters. The van der Waals surface area contributed by atoms with Crippen LogP contribution in [0.4, 0.5) is 0 Å². The number of rotatable bonds is 4. The summed E-state index contributed by atoms with van der Waals surface area (Å²) in [7, 11) is 0. The van der Waals surface area contributed by atoms with Crippen molar-refractivity contribution in [3.05, 3.63) is 35.4 Å². The summed E-state index contributed by atoms with van der Waals surface area (Å²) in [6.45, 7) is 16.3. The van der Waals surface area contributed by atoms with Crippen LogP contribution in [0.2, 0.25) is 0 Å². The highest BCUT2D eigenvalue weighted by molar-refractivity contribution is 5.56. The summed E-state index contributed by atoms with van der Waals surface area (Å²) in [5, 5.41) is 21.2. The van der Waals surface area contributed by atoms with Crippen molar-refractivity contribution in [2.75, 3.05) is 0 Å². The van der Waals surface area contributed by atoms with Gasteiger partial charge in [-0.15, -0.1) is 0 Å². The van der Waals surface area contributed by atoms with Crippen molar-refractivity contribution in [2.45, 2.75) is 97.1 Å². The van der Waals surface area contributed by atoms with Gasteiger partial charge in [0.15, 0.2) is 23.0 Å². The minimum absolute atomic E-state index is 0.0406. The van der Waals surface area contributed by atoms with E-state index in [0.29, 0.717) is 35.8 Å². The van der Waals surface area contributed by atoms with Gasteiger partial charge in [-0.25, -0.2) is 0 Å². The average molecular weight is 457 g/mol. The Morgan fingerprint density at radius 2 is 1.06 bits per heavy atom. The smallest absolute Gasteiger partial charge is 0.252 e. The number of aromatic hydroxyl groups is 2. The Morgan fingerprint density at radius 3 is 1.39 bits per heavy atom. The molecule has 0 unspecified atom stereocenters. The highest BCUT2D eigenvalue weighted by atomic mass is 16.7. The van der Waals surface area contributed by atoms with E-state index in [1.165, 1.54) is 0 Å². The van der Waals surface area contributed by atoms with E-state index in [9.17, 15) is 10.2 Å². The molecule has 2 aliphatic rings. The zero-order chi connectivity index (χ0) is 24.3. The lowest BCUT2D eigenvalue weighted by atomic mass is 9.69. The monoisotopic (exact) mass is 456 g/mol. The largest absolute Gasteiger partial charge is 0.504 e. The van der Waals surface area contributed by atoms with Gasteiger partial charge in [-0.3, -0.25) is 0 Å². The van der Waals surface area contributed by atoms with E-state index in [1.54, 1.807) is 12.1 Å². The van der Waals surface area contributed by atoms with Crippen LogP contribution in [0.25, 0.3) is 0 Å². The minimum Gasteiger partial charge on any atom is -0.504 e. The van der Waals surface area contributed by atoms with Crippen LogP contribution in [0, 0.1) is 0 Å². The van der Waals surface area contributed by atoms with Gasteiger partial charge in [0.25, 0.3) is 5.79 Å². The molecule has 0 aromatic heterocycles. The minimum atomic E-state index is -0.938. The Bertz CT molecular complexity index is 981. The lowest BCUT2D eigenvalue weighted by Gasteiger charge is -2.51. The molecule has 180 valence electrons. The molecule has 2 aliphatic heterocycles. The van der Waals surface area contributed by atoms with Crippen LogP contribution in [0.15, 0.2) is 24.3 Å². The molecule has 2 aromatic carbocycles. The number of benzene rings is 2. The molecule has 0 bridgehead atoms. The van der Waals surface area contributed by atoms with Crippen molar-refractivity contribution in [2.24, 2.45) is 0 Å². The molecule has 2 aromatic rings. The first-order valence-corrected chi connectivity index (χ1v) is 11.7. The molecule has 0 fully saturated rings. The Labute approximate surface area is 196 Å². The van der Waals surface area contributed by atoms with Crippen LogP contribution < -0.4 is 18.9 Å². The van der Waals surface area contributed by atoms with Crippen molar-refractivity contribution >= 4 is 0 Å². The van der Waals surface area contributed by atoms with Gasteiger partial charge in [0.2, 0.25) is 0 Å². The van der Waals surface area contributed by atoms with Crippen LogP contribution in [0.5, 0.6) is 34.5 Å². The highest BCUT2D eigenvalue weighted by Crippen LogP contribution is 2.56. The lowest BCUT2D eigenvalue weighted by molar-refractivity contribution is -0.166. The van der Waals surface area contributed by atoms with E-state index in [-0.39, 0.29) is 34.5 Å². The molecule has 0 amide bonds. The molecule has 6 heteroatoms. The Balaban J connectivity index is 1.76. The molecular weight excluding hydrogens is 420 g/mol. The first-order valence-electron chi connectivity index (χ1n) is 11.7. The van der Waals surface area contributed by atoms with E-state index in [0.717, 1.165) is 11.1 Å². The molecule has 0 radical (unpaired) electrons. The molecule has 2 heterocycles. The topological polar surface area (TPSA) is 77.4 Å². The van der Waals surface area contributed by atoms with Gasteiger partial charge in [0.05, 0.1) is 12.2 Å². The standard InChI is InChI=1S/C27H36O6/c1-15(2)30-23-9-17-21(11-19(23)28)32-27(13-25(17,5)6)14-26(7,8)18-10-24(31-16(3)4)20(29)12-22(18)33-27/h9-12,15-16,28-29H,13-14H2,1-8H3. The second kappa shape index (κ2) is 7.64. The van der Waals surface area contributed by atoms with Gasteiger partial charge < -0.3 is 29.2 Å². The van der Waals surface area contributed by atoms with Crippen molar-refractivity contribution < 1.29 is 29.2 Å². The maximum atomic E-state index is 10.6. The number of phenolic OH excluding ortho intramolecular Hbond substituents is 2. The molecule has 0 aliphatic carbocycles. The number of hydrogen-bond donors (Lipinski definition) is 2. The number of ether oxygens (including phenoxy) is 4. The normalized spacial score (nSPS) is 19.5. The van der Waals surface area contributed by atoms with Gasteiger partial charge in [-0.2, -0.15) is 0 Å². The molecule has 1 spiro atoms. The molecule has 0 saturated heterocycles. The van der Waals surface area contributed by atoms with E-state index >= 15 is 0 Å². The summed E-state index contributed by atoms with van der Waals surface area (Å²) in [4.78, 5) is 0. The van der Waals surface area contributed by atoms with Crippen LogP contribution in [0.3, 0.4) is 0 Å². The fourth-order valence-electron chi connectivity index (χ4n) is 5.19. The van der Waals surface area contributed by atoms with E-state index in [4.69, 9.17) is 18.9 Å². The van der Waals surface area contributed by atoms with Crippen molar-refractivity contribution in [3.63, 3.8) is 0 Å². The number of fused-ring (bicyclic) bond motifs is 2.